The van der Waals surface area contributed by atoms with Crippen molar-refractivity contribution in [2.45, 2.75) is 18.3 Å². The summed E-state index contributed by atoms with van der Waals surface area (Å²) in [7, 11) is 3.06. The second-order valence-electron chi connectivity index (χ2n) is 4.58. The molecule has 0 amide bonds. The van der Waals surface area contributed by atoms with Gasteiger partial charge in [0, 0.05) is 11.8 Å². The number of esters is 1. The molecule has 0 saturated carbocycles. The van der Waals surface area contributed by atoms with Crippen molar-refractivity contribution < 1.29 is 19.0 Å². The Morgan fingerprint density at radius 2 is 2.17 bits per heavy atom. The Kier molecular flexibility index (Phi) is 3.87. The van der Waals surface area contributed by atoms with Gasteiger partial charge in [0.2, 0.25) is 0 Å². The van der Waals surface area contributed by atoms with E-state index in [1.165, 1.54) is 7.11 Å². The number of methoxy groups -OCH3 is 2. The summed E-state index contributed by atoms with van der Waals surface area (Å²) >= 11 is 0. The summed E-state index contributed by atoms with van der Waals surface area (Å²) in [4.78, 5) is 11.3. The Hall–Kier alpha value is -1.55. The van der Waals surface area contributed by atoms with E-state index in [4.69, 9.17) is 14.2 Å². The van der Waals surface area contributed by atoms with Crippen LogP contribution in [0.1, 0.15) is 18.4 Å². The molecule has 4 nitrogen and oxygen atoms in total. The SMILES string of the molecule is COC(=O)CCC1(c2cccc(OC)c2)COC1. The van der Waals surface area contributed by atoms with Gasteiger partial charge in [0.1, 0.15) is 5.75 Å². The lowest BCUT2D eigenvalue weighted by atomic mass is 9.75. The van der Waals surface area contributed by atoms with Crippen molar-refractivity contribution in [3.8, 4) is 5.75 Å². The highest BCUT2D eigenvalue weighted by molar-refractivity contribution is 5.69. The van der Waals surface area contributed by atoms with Crippen LogP contribution < -0.4 is 4.74 Å². The van der Waals surface area contributed by atoms with Crippen LogP contribution in [0.2, 0.25) is 0 Å². The second kappa shape index (κ2) is 5.40. The minimum Gasteiger partial charge on any atom is -0.497 e. The summed E-state index contributed by atoms with van der Waals surface area (Å²) in [5.41, 5.74) is 1.10. The van der Waals surface area contributed by atoms with Crippen LogP contribution in [0.3, 0.4) is 0 Å². The van der Waals surface area contributed by atoms with Crippen LogP contribution in [0.5, 0.6) is 5.75 Å². The summed E-state index contributed by atoms with van der Waals surface area (Å²) in [6.45, 7) is 1.30. The summed E-state index contributed by atoms with van der Waals surface area (Å²) in [6, 6.07) is 7.95. The zero-order valence-electron chi connectivity index (χ0n) is 10.8. The average Bonchev–Trinajstić information content (AvgIpc) is 2.37. The van der Waals surface area contributed by atoms with Gasteiger partial charge in [0.05, 0.1) is 27.4 Å². The van der Waals surface area contributed by atoms with E-state index in [1.807, 2.05) is 18.2 Å². The minimum absolute atomic E-state index is 0.0667. The molecule has 2 rings (SSSR count). The monoisotopic (exact) mass is 250 g/mol. The van der Waals surface area contributed by atoms with Gasteiger partial charge in [-0.25, -0.2) is 0 Å². The van der Waals surface area contributed by atoms with E-state index in [9.17, 15) is 4.79 Å². The lowest BCUT2D eigenvalue weighted by Gasteiger charge is -2.42. The third-order valence-electron chi connectivity index (χ3n) is 3.47. The van der Waals surface area contributed by atoms with E-state index < -0.39 is 0 Å². The molecular formula is C14H18O4. The number of carbonyl (C=O) groups is 1. The molecule has 0 aliphatic carbocycles. The topological polar surface area (TPSA) is 44.8 Å². The van der Waals surface area contributed by atoms with Crippen molar-refractivity contribution in [1.82, 2.24) is 0 Å². The molecule has 18 heavy (non-hydrogen) atoms. The molecule has 0 unspecified atom stereocenters. The number of ether oxygens (including phenoxy) is 3. The van der Waals surface area contributed by atoms with Crippen molar-refractivity contribution in [2.24, 2.45) is 0 Å². The molecule has 1 aromatic carbocycles. The molecule has 1 aromatic rings. The van der Waals surface area contributed by atoms with Gasteiger partial charge < -0.3 is 14.2 Å². The molecule has 0 radical (unpaired) electrons. The molecule has 0 aromatic heterocycles. The number of rotatable bonds is 5. The lowest BCUT2D eigenvalue weighted by molar-refractivity contribution is -0.142. The molecule has 1 fully saturated rings. The fourth-order valence-corrected chi connectivity index (χ4v) is 2.20. The van der Waals surface area contributed by atoms with E-state index in [0.717, 1.165) is 17.7 Å². The summed E-state index contributed by atoms with van der Waals surface area (Å²) < 4.78 is 15.3. The van der Waals surface area contributed by atoms with E-state index in [1.54, 1.807) is 7.11 Å². The van der Waals surface area contributed by atoms with Gasteiger partial charge in [0.25, 0.3) is 0 Å². The molecule has 1 heterocycles. The fourth-order valence-electron chi connectivity index (χ4n) is 2.20. The second-order valence-corrected chi connectivity index (χ2v) is 4.58. The van der Waals surface area contributed by atoms with Gasteiger partial charge in [-0.05, 0) is 24.1 Å². The van der Waals surface area contributed by atoms with Crippen LogP contribution in [0.25, 0.3) is 0 Å². The molecule has 0 bridgehead atoms. The zero-order chi connectivity index (χ0) is 13.0. The van der Waals surface area contributed by atoms with Crippen LogP contribution >= 0.6 is 0 Å². The largest absolute Gasteiger partial charge is 0.497 e. The first-order valence-electron chi connectivity index (χ1n) is 5.99. The van der Waals surface area contributed by atoms with Crippen LogP contribution in [0.15, 0.2) is 24.3 Å². The minimum atomic E-state index is -0.177. The molecular weight excluding hydrogens is 232 g/mol. The Morgan fingerprint density at radius 1 is 1.39 bits per heavy atom. The molecule has 0 spiro atoms. The highest BCUT2D eigenvalue weighted by Crippen LogP contribution is 2.38. The van der Waals surface area contributed by atoms with E-state index in [-0.39, 0.29) is 11.4 Å². The predicted molar refractivity (Wildman–Crippen MR) is 66.7 cm³/mol. The van der Waals surface area contributed by atoms with Crippen LogP contribution in [-0.4, -0.2) is 33.4 Å². The molecule has 4 heteroatoms. The number of carbonyl (C=O) groups excluding carboxylic acids is 1. The molecule has 0 atom stereocenters. The fraction of sp³-hybridized carbons (Fsp3) is 0.500. The van der Waals surface area contributed by atoms with E-state index in [2.05, 4.69) is 6.07 Å². The van der Waals surface area contributed by atoms with Crippen molar-refractivity contribution in [1.29, 1.82) is 0 Å². The quantitative estimate of drug-likeness (QED) is 0.749. The Morgan fingerprint density at radius 3 is 2.72 bits per heavy atom. The molecule has 98 valence electrons. The van der Waals surface area contributed by atoms with Gasteiger partial charge >= 0.3 is 5.97 Å². The van der Waals surface area contributed by atoms with Crippen LogP contribution in [-0.2, 0) is 19.7 Å². The van der Waals surface area contributed by atoms with Crippen molar-refractivity contribution in [3.63, 3.8) is 0 Å². The number of benzene rings is 1. The first-order chi connectivity index (χ1) is 8.70. The van der Waals surface area contributed by atoms with E-state index in [0.29, 0.717) is 19.6 Å². The van der Waals surface area contributed by atoms with Gasteiger partial charge in [-0.1, -0.05) is 12.1 Å². The van der Waals surface area contributed by atoms with Gasteiger partial charge in [-0.2, -0.15) is 0 Å². The average molecular weight is 250 g/mol. The summed E-state index contributed by atoms with van der Waals surface area (Å²) in [5, 5.41) is 0. The lowest BCUT2D eigenvalue weighted by Crippen LogP contribution is -2.47. The molecule has 1 saturated heterocycles. The first-order valence-corrected chi connectivity index (χ1v) is 5.99. The Bertz CT molecular complexity index is 424. The number of hydrogen-bond acceptors (Lipinski definition) is 4. The van der Waals surface area contributed by atoms with Gasteiger partial charge in [0.15, 0.2) is 0 Å². The third kappa shape index (κ3) is 2.48. The zero-order valence-corrected chi connectivity index (χ0v) is 10.8. The Labute approximate surface area is 107 Å². The van der Waals surface area contributed by atoms with Crippen LogP contribution in [0, 0.1) is 0 Å². The Balaban J connectivity index is 2.13. The van der Waals surface area contributed by atoms with Crippen molar-refractivity contribution >= 4 is 5.97 Å². The van der Waals surface area contributed by atoms with Crippen molar-refractivity contribution in [2.75, 3.05) is 27.4 Å². The van der Waals surface area contributed by atoms with E-state index >= 15 is 0 Å². The molecule has 1 aliphatic heterocycles. The number of hydrogen-bond donors (Lipinski definition) is 0. The standard InChI is InChI=1S/C14H18O4/c1-16-12-5-3-4-11(8-12)14(9-18-10-14)7-6-13(15)17-2/h3-5,8H,6-7,9-10H2,1-2H3. The molecule has 0 N–H and O–H groups in total. The smallest absolute Gasteiger partial charge is 0.305 e. The maximum atomic E-state index is 11.3. The highest BCUT2D eigenvalue weighted by atomic mass is 16.5. The normalized spacial score (nSPS) is 16.8. The maximum Gasteiger partial charge on any atom is 0.305 e. The van der Waals surface area contributed by atoms with Crippen molar-refractivity contribution in [3.05, 3.63) is 29.8 Å². The van der Waals surface area contributed by atoms with Gasteiger partial charge in [-0.3, -0.25) is 4.79 Å². The highest BCUT2D eigenvalue weighted by Gasteiger charge is 2.40. The maximum absolute atomic E-state index is 11.3. The third-order valence-corrected chi connectivity index (χ3v) is 3.47. The molecule has 1 aliphatic rings. The predicted octanol–water partition coefficient (Wildman–Crippen LogP) is 1.92. The summed E-state index contributed by atoms with van der Waals surface area (Å²) in [6.07, 6.45) is 1.16. The van der Waals surface area contributed by atoms with Gasteiger partial charge in [-0.15, -0.1) is 0 Å². The first kappa shape index (κ1) is 12.9. The van der Waals surface area contributed by atoms with Crippen LogP contribution in [0.4, 0.5) is 0 Å². The summed E-state index contributed by atoms with van der Waals surface area (Å²) in [5.74, 6) is 0.654.